The number of hydrogen-bond donors (Lipinski definition) is 6. The molecule has 0 spiro atoms. The van der Waals surface area contributed by atoms with Crippen LogP contribution in [0.15, 0.2) is 42.5 Å². The molecule has 1 fully saturated rings. The molecule has 4 rings (SSSR count). The molecule has 2 amide bonds. The van der Waals surface area contributed by atoms with Crippen LogP contribution < -0.4 is 32.7 Å². The van der Waals surface area contributed by atoms with Gasteiger partial charge in [0.2, 0.25) is 11.8 Å². The first-order valence-corrected chi connectivity index (χ1v) is 12.2. The van der Waals surface area contributed by atoms with Gasteiger partial charge < -0.3 is 32.7 Å². The Balaban J connectivity index is 1.53. The van der Waals surface area contributed by atoms with Gasteiger partial charge in [-0.2, -0.15) is 0 Å². The van der Waals surface area contributed by atoms with Crippen LogP contribution in [0, 0.1) is 5.41 Å². The fraction of sp³-hybridized carbons (Fsp3) is 0.423. The Hall–Kier alpha value is -3.43. The van der Waals surface area contributed by atoms with Crippen molar-refractivity contribution in [1.29, 1.82) is 5.41 Å². The molecule has 2 aromatic rings. The van der Waals surface area contributed by atoms with E-state index in [1.54, 1.807) is 0 Å². The van der Waals surface area contributed by atoms with Gasteiger partial charge in [-0.15, -0.1) is 0 Å². The van der Waals surface area contributed by atoms with Crippen molar-refractivity contribution in [2.24, 2.45) is 17.2 Å². The van der Waals surface area contributed by atoms with Gasteiger partial charge in [-0.1, -0.05) is 24.3 Å². The molecule has 1 unspecified atom stereocenters. The molecule has 0 bridgehead atoms. The molecule has 186 valence electrons. The van der Waals surface area contributed by atoms with E-state index in [4.69, 9.17) is 22.6 Å². The van der Waals surface area contributed by atoms with Crippen LogP contribution in [0.2, 0.25) is 0 Å². The molecule has 1 saturated carbocycles. The zero-order chi connectivity index (χ0) is 24.9. The molecule has 1 atom stereocenters. The van der Waals surface area contributed by atoms with Gasteiger partial charge in [-0.25, -0.2) is 0 Å². The summed E-state index contributed by atoms with van der Waals surface area (Å²) in [4.78, 5) is 27.3. The summed E-state index contributed by atoms with van der Waals surface area (Å²) in [5.74, 6) is -0.112. The summed E-state index contributed by atoms with van der Waals surface area (Å²) < 4.78 is 0. The van der Waals surface area contributed by atoms with E-state index in [0.717, 1.165) is 42.5 Å². The number of carbonyl (C=O) groups excluding carboxylic acids is 2. The zero-order valence-electron chi connectivity index (χ0n) is 19.9. The average molecular weight is 478 g/mol. The third-order valence-corrected chi connectivity index (χ3v) is 6.88. The number of hydrogen-bond acceptors (Lipinski definition) is 6. The number of anilines is 2. The minimum Gasteiger partial charge on any atom is -0.384 e. The molecule has 9 heteroatoms. The van der Waals surface area contributed by atoms with Crippen LogP contribution in [0.1, 0.15) is 48.8 Å². The molecule has 2 aromatic carbocycles. The predicted octanol–water partition coefficient (Wildman–Crippen LogP) is 1.58. The van der Waals surface area contributed by atoms with Crippen molar-refractivity contribution in [2.75, 3.05) is 16.8 Å². The van der Waals surface area contributed by atoms with E-state index < -0.39 is 0 Å². The highest BCUT2D eigenvalue weighted by Gasteiger charge is 2.36. The molecular formula is C26H35N7O2. The van der Waals surface area contributed by atoms with Crippen molar-refractivity contribution in [3.8, 4) is 0 Å². The number of amidine groups is 1. The van der Waals surface area contributed by atoms with Crippen LogP contribution in [0.3, 0.4) is 0 Å². The quantitative estimate of drug-likeness (QED) is 0.250. The third kappa shape index (κ3) is 5.98. The van der Waals surface area contributed by atoms with Crippen LogP contribution in [0.4, 0.5) is 11.4 Å². The maximum Gasteiger partial charge on any atom is 0.243 e. The fourth-order valence-electron chi connectivity index (χ4n) is 4.89. The SMILES string of the molecule is N=C(N)c1ccc2c(c1)N(Cc1ccc(NC(=O)CCN)cc1)C(C(=O)NC1CCC(N)CC1)C2. The maximum absolute atomic E-state index is 13.4. The number of amides is 2. The summed E-state index contributed by atoms with van der Waals surface area (Å²) in [6.07, 6.45) is 4.52. The minimum atomic E-state index is -0.355. The van der Waals surface area contributed by atoms with Gasteiger partial charge in [-0.3, -0.25) is 15.0 Å². The van der Waals surface area contributed by atoms with Crippen molar-refractivity contribution in [2.45, 2.75) is 63.2 Å². The monoisotopic (exact) mass is 477 g/mol. The molecular weight excluding hydrogens is 442 g/mol. The van der Waals surface area contributed by atoms with E-state index in [9.17, 15) is 9.59 Å². The maximum atomic E-state index is 13.4. The Bertz CT molecular complexity index is 1080. The second-order valence-corrected chi connectivity index (χ2v) is 9.51. The number of carbonyl (C=O) groups is 2. The zero-order valence-corrected chi connectivity index (χ0v) is 19.9. The molecule has 35 heavy (non-hydrogen) atoms. The molecule has 0 saturated heterocycles. The summed E-state index contributed by atoms with van der Waals surface area (Å²) >= 11 is 0. The normalized spacial score (nSPS) is 21.3. The van der Waals surface area contributed by atoms with Crippen LogP contribution in [0.5, 0.6) is 0 Å². The largest absolute Gasteiger partial charge is 0.384 e. The lowest BCUT2D eigenvalue weighted by Gasteiger charge is -2.31. The first kappa shape index (κ1) is 24.7. The Labute approximate surface area is 205 Å². The molecule has 0 radical (unpaired) electrons. The second-order valence-electron chi connectivity index (χ2n) is 9.51. The topological polar surface area (TPSA) is 163 Å². The van der Waals surface area contributed by atoms with Crippen molar-refractivity contribution in [3.63, 3.8) is 0 Å². The van der Waals surface area contributed by atoms with E-state index in [2.05, 4.69) is 15.5 Å². The Morgan fingerprint density at radius 2 is 1.77 bits per heavy atom. The number of rotatable bonds is 8. The van der Waals surface area contributed by atoms with E-state index >= 15 is 0 Å². The average Bonchev–Trinajstić information content (AvgIpc) is 3.19. The number of benzene rings is 2. The van der Waals surface area contributed by atoms with Gasteiger partial charge in [0, 0.05) is 55.0 Å². The van der Waals surface area contributed by atoms with Gasteiger partial charge in [0.05, 0.1) is 0 Å². The Morgan fingerprint density at radius 3 is 2.43 bits per heavy atom. The summed E-state index contributed by atoms with van der Waals surface area (Å²) in [6, 6.07) is 13.3. The second kappa shape index (κ2) is 10.9. The fourth-order valence-corrected chi connectivity index (χ4v) is 4.89. The Kier molecular flexibility index (Phi) is 7.67. The molecule has 1 aliphatic carbocycles. The lowest BCUT2D eigenvalue weighted by atomic mass is 9.91. The minimum absolute atomic E-state index is 0.00299. The highest BCUT2D eigenvalue weighted by Crippen LogP contribution is 2.35. The van der Waals surface area contributed by atoms with Crippen molar-refractivity contribution in [3.05, 3.63) is 59.2 Å². The molecule has 2 aliphatic rings. The van der Waals surface area contributed by atoms with Crippen LogP contribution in [0.25, 0.3) is 0 Å². The van der Waals surface area contributed by atoms with Crippen molar-refractivity contribution >= 4 is 29.0 Å². The third-order valence-electron chi connectivity index (χ3n) is 6.88. The van der Waals surface area contributed by atoms with E-state index in [0.29, 0.717) is 30.8 Å². The lowest BCUT2D eigenvalue weighted by molar-refractivity contribution is -0.123. The first-order valence-electron chi connectivity index (χ1n) is 12.2. The Morgan fingerprint density at radius 1 is 1.06 bits per heavy atom. The summed E-state index contributed by atoms with van der Waals surface area (Å²) in [7, 11) is 0. The number of nitrogens with two attached hydrogens (primary N) is 3. The van der Waals surface area contributed by atoms with Crippen LogP contribution in [-0.4, -0.2) is 42.3 Å². The first-order chi connectivity index (χ1) is 16.8. The highest BCUT2D eigenvalue weighted by molar-refractivity contribution is 5.97. The smallest absolute Gasteiger partial charge is 0.243 e. The van der Waals surface area contributed by atoms with Crippen LogP contribution in [-0.2, 0) is 22.6 Å². The summed E-state index contributed by atoms with van der Waals surface area (Å²) in [6.45, 7) is 0.816. The lowest BCUT2D eigenvalue weighted by Crippen LogP contribution is -2.49. The van der Waals surface area contributed by atoms with Gasteiger partial charge in [0.15, 0.2) is 0 Å². The highest BCUT2D eigenvalue weighted by atomic mass is 16.2. The molecule has 1 aliphatic heterocycles. The van der Waals surface area contributed by atoms with Gasteiger partial charge in [0.1, 0.15) is 11.9 Å². The number of nitrogens with zero attached hydrogens (tertiary/aromatic N) is 1. The predicted molar refractivity (Wildman–Crippen MR) is 138 cm³/mol. The number of nitrogens with one attached hydrogen (secondary N) is 3. The van der Waals surface area contributed by atoms with E-state index in [1.165, 1.54) is 0 Å². The molecule has 0 aromatic heterocycles. The molecule has 1 heterocycles. The van der Waals surface area contributed by atoms with Gasteiger partial charge in [0.25, 0.3) is 0 Å². The van der Waals surface area contributed by atoms with Gasteiger partial charge >= 0.3 is 0 Å². The molecule has 9 N–H and O–H groups in total. The van der Waals surface area contributed by atoms with Crippen molar-refractivity contribution < 1.29 is 9.59 Å². The standard InChI is InChI=1S/C26H35N7O2/c27-12-11-24(34)31-20-7-1-16(2-8-20)15-33-22-14-18(25(29)30)4-3-17(22)13-23(33)26(35)32-21-9-5-19(28)6-10-21/h1-4,7-8,14,19,21,23H,5-6,9-13,15,27-28H2,(H3,29,30)(H,31,34)(H,32,35). The number of fused-ring (bicyclic) bond motifs is 1. The van der Waals surface area contributed by atoms with Gasteiger partial charge in [-0.05, 0) is 55.0 Å². The van der Waals surface area contributed by atoms with E-state index in [1.807, 2.05) is 42.5 Å². The van der Waals surface area contributed by atoms with E-state index in [-0.39, 0.29) is 42.2 Å². The summed E-state index contributed by atoms with van der Waals surface area (Å²) in [5.41, 5.74) is 21.5. The summed E-state index contributed by atoms with van der Waals surface area (Å²) in [5, 5.41) is 13.9. The number of nitrogen functional groups attached to an aromatic ring is 1. The van der Waals surface area contributed by atoms with Crippen LogP contribution >= 0.6 is 0 Å². The van der Waals surface area contributed by atoms with Crippen molar-refractivity contribution in [1.82, 2.24) is 5.32 Å². The molecule has 9 nitrogen and oxygen atoms in total.